The van der Waals surface area contributed by atoms with E-state index < -0.39 is 15.2 Å². The molecule has 0 fully saturated rings. The van der Waals surface area contributed by atoms with E-state index in [0.717, 1.165) is 26.9 Å². The molecule has 0 saturated heterocycles. The highest BCUT2D eigenvalue weighted by Gasteiger charge is 2.16. The summed E-state index contributed by atoms with van der Waals surface area (Å²) in [6.45, 7) is 0. The van der Waals surface area contributed by atoms with Crippen molar-refractivity contribution in [2.24, 2.45) is 0 Å². The second-order valence-corrected chi connectivity index (χ2v) is 11.8. The van der Waals surface area contributed by atoms with Crippen molar-refractivity contribution in [3.05, 3.63) is 158 Å². The summed E-state index contributed by atoms with van der Waals surface area (Å²) in [4.78, 5) is 0. The Morgan fingerprint density at radius 2 is 0.902 bits per heavy atom. The molecular weight excluding hydrogens is 522 g/mol. The quantitative estimate of drug-likeness (QED) is 0.106. The van der Waals surface area contributed by atoms with Gasteiger partial charge in [-0.25, -0.2) is 0 Å². The minimum absolute atomic E-state index is 0.446. The van der Waals surface area contributed by atoms with E-state index in [1.807, 2.05) is 30.3 Å². The first-order valence-corrected chi connectivity index (χ1v) is 14.8. The molecule has 0 aromatic heterocycles. The largest absolute Gasteiger partial charge is 0.707 e. The van der Waals surface area contributed by atoms with Crippen molar-refractivity contribution in [3.8, 4) is 5.75 Å². The van der Waals surface area contributed by atoms with Crippen molar-refractivity contribution >= 4 is 63.5 Å². The summed E-state index contributed by atoms with van der Waals surface area (Å²) in [5, 5.41) is 28.8. The Labute approximate surface area is 241 Å². The molecule has 7 rings (SSSR count). The van der Waals surface area contributed by atoms with E-state index in [1.54, 1.807) is 6.07 Å². The highest BCUT2D eigenvalue weighted by molar-refractivity contribution is 7.79. The van der Waals surface area contributed by atoms with E-state index in [-0.39, 0.29) is 0 Å². The highest BCUT2D eigenvalue weighted by Crippen LogP contribution is 2.35. The maximum Gasteiger partial charge on any atom is 0.707 e. The van der Waals surface area contributed by atoms with Crippen molar-refractivity contribution in [2.45, 2.75) is 0 Å². The fourth-order valence-electron chi connectivity index (χ4n) is 5.16. The fraction of sp³-hybridized carbons (Fsp3) is 0. The van der Waals surface area contributed by atoms with Gasteiger partial charge in [0.05, 0.1) is 0 Å². The molecule has 0 aliphatic heterocycles. The fourth-order valence-corrected chi connectivity index (χ4v) is 7.46. The van der Waals surface area contributed by atoms with Gasteiger partial charge in [0.25, 0.3) is 0 Å². The lowest BCUT2D eigenvalue weighted by molar-refractivity contribution is 0.289. The summed E-state index contributed by atoms with van der Waals surface area (Å²) < 4.78 is 5.16. The van der Waals surface area contributed by atoms with Crippen LogP contribution in [0.4, 0.5) is 0 Å². The van der Waals surface area contributed by atoms with Crippen molar-refractivity contribution in [1.29, 1.82) is 0 Å². The molecule has 5 heteroatoms. The molecule has 0 saturated carbocycles. The SMILES string of the molecule is OB(O)Oc1cccc2ccc3cc4ccccc4cc3c12.c1ccc(P(c2ccccc2)c2ccccc2)cc1. The van der Waals surface area contributed by atoms with Crippen LogP contribution in [0.25, 0.3) is 32.3 Å². The van der Waals surface area contributed by atoms with Gasteiger partial charge >= 0.3 is 7.32 Å². The zero-order chi connectivity index (χ0) is 28.0. The number of hydrogen-bond donors (Lipinski definition) is 2. The molecule has 2 N–H and O–H groups in total. The van der Waals surface area contributed by atoms with E-state index in [0.29, 0.717) is 5.75 Å². The maximum absolute atomic E-state index is 9.14. The predicted molar refractivity (Wildman–Crippen MR) is 175 cm³/mol. The molecule has 198 valence electrons. The molecule has 3 nitrogen and oxygen atoms in total. The second-order valence-electron chi connectivity index (χ2n) is 9.63. The zero-order valence-corrected chi connectivity index (χ0v) is 23.2. The van der Waals surface area contributed by atoms with Gasteiger partial charge in [0.1, 0.15) is 5.75 Å². The highest BCUT2D eigenvalue weighted by atomic mass is 31.1. The van der Waals surface area contributed by atoms with E-state index in [1.165, 1.54) is 21.3 Å². The molecule has 0 heterocycles. The van der Waals surface area contributed by atoms with Gasteiger partial charge in [-0.1, -0.05) is 140 Å². The summed E-state index contributed by atoms with van der Waals surface area (Å²) in [6.07, 6.45) is 0. The molecule has 0 spiro atoms. The van der Waals surface area contributed by atoms with Crippen molar-refractivity contribution < 1.29 is 14.7 Å². The Balaban J connectivity index is 0.000000149. The Kier molecular flexibility index (Phi) is 8.07. The topological polar surface area (TPSA) is 49.7 Å². The molecular formula is C36H28BO3P. The van der Waals surface area contributed by atoms with Gasteiger partial charge in [0.2, 0.25) is 0 Å². The monoisotopic (exact) mass is 550 g/mol. The number of rotatable bonds is 5. The van der Waals surface area contributed by atoms with Gasteiger partial charge in [0.15, 0.2) is 0 Å². The van der Waals surface area contributed by atoms with Gasteiger partial charge in [-0.2, -0.15) is 0 Å². The molecule has 7 aromatic carbocycles. The first-order chi connectivity index (χ1) is 20.2. The summed E-state index contributed by atoms with van der Waals surface area (Å²) in [5.74, 6) is 0.466. The molecule has 0 radical (unpaired) electrons. The van der Waals surface area contributed by atoms with Crippen LogP contribution in [0.5, 0.6) is 5.75 Å². The van der Waals surface area contributed by atoms with Crippen LogP contribution < -0.4 is 20.6 Å². The first-order valence-electron chi connectivity index (χ1n) is 13.5. The number of benzene rings is 7. The normalized spacial score (nSPS) is 10.9. The maximum atomic E-state index is 9.14. The van der Waals surface area contributed by atoms with Crippen LogP contribution in [0.1, 0.15) is 0 Å². The third-order valence-electron chi connectivity index (χ3n) is 6.96. The minimum Gasteiger partial charge on any atom is -0.511 e. The summed E-state index contributed by atoms with van der Waals surface area (Å²) in [7, 11) is -2.28. The Hall–Kier alpha value is -4.47. The van der Waals surface area contributed by atoms with E-state index in [9.17, 15) is 0 Å². The molecule has 0 unspecified atom stereocenters. The molecule has 0 atom stereocenters. The van der Waals surface area contributed by atoms with Crippen molar-refractivity contribution in [3.63, 3.8) is 0 Å². The summed E-state index contributed by atoms with van der Waals surface area (Å²) in [6, 6.07) is 54.4. The first kappa shape index (κ1) is 26.7. The van der Waals surface area contributed by atoms with Gasteiger partial charge in [-0.05, 0) is 69.0 Å². The van der Waals surface area contributed by atoms with E-state index in [2.05, 4.69) is 121 Å². The van der Waals surface area contributed by atoms with Crippen LogP contribution >= 0.6 is 7.92 Å². The van der Waals surface area contributed by atoms with Crippen molar-refractivity contribution in [2.75, 3.05) is 0 Å². The van der Waals surface area contributed by atoms with Crippen LogP contribution in [0, 0.1) is 0 Å². The molecule has 0 bridgehead atoms. The van der Waals surface area contributed by atoms with Gasteiger partial charge < -0.3 is 14.7 Å². The van der Waals surface area contributed by atoms with Crippen LogP contribution in [0.2, 0.25) is 0 Å². The molecule has 0 amide bonds. The smallest absolute Gasteiger partial charge is 0.511 e. The third-order valence-corrected chi connectivity index (χ3v) is 9.41. The third kappa shape index (κ3) is 6.01. The summed E-state index contributed by atoms with van der Waals surface area (Å²) >= 11 is 0. The Morgan fingerprint density at radius 3 is 1.44 bits per heavy atom. The lowest BCUT2D eigenvalue weighted by atomic mass is 9.97. The van der Waals surface area contributed by atoms with Gasteiger partial charge in [-0.15, -0.1) is 0 Å². The summed E-state index contributed by atoms with van der Waals surface area (Å²) in [5.41, 5.74) is 0. The minimum atomic E-state index is -1.83. The molecule has 41 heavy (non-hydrogen) atoms. The average molecular weight is 550 g/mol. The van der Waals surface area contributed by atoms with Crippen LogP contribution in [-0.2, 0) is 0 Å². The standard InChI is InChI=1S/C18H13BO3.C18H15P/c20-19(21)22-17-7-3-6-12-8-9-15-10-13-4-1-2-5-14(13)11-16(15)18(12)17;1-4-10-16(11-5-1)19(17-12-6-2-7-13-17)18-14-8-3-9-15-18/h1-11,20-21H;1-15H. The number of fused-ring (bicyclic) bond motifs is 4. The number of hydrogen-bond acceptors (Lipinski definition) is 3. The molecule has 7 aromatic rings. The Morgan fingerprint density at radius 1 is 0.439 bits per heavy atom. The zero-order valence-electron chi connectivity index (χ0n) is 22.3. The van der Waals surface area contributed by atoms with Crippen molar-refractivity contribution in [1.82, 2.24) is 0 Å². The second kappa shape index (κ2) is 12.4. The molecule has 0 aliphatic rings. The van der Waals surface area contributed by atoms with E-state index >= 15 is 0 Å². The van der Waals surface area contributed by atoms with Crippen LogP contribution in [-0.4, -0.2) is 17.4 Å². The molecule has 0 aliphatic carbocycles. The average Bonchev–Trinajstić information content (AvgIpc) is 3.02. The lowest BCUT2D eigenvalue weighted by Gasteiger charge is -2.18. The van der Waals surface area contributed by atoms with Gasteiger partial charge in [-0.3, -0.25) is 0 Å². The van der Waals surface area contributed by atoms with Gasteiger partial charge in [0, 0.05) is 5.39 Å². The van der Waals surface area contributed by atoms with Crippen LogP contribution in [0.15, 0.2) is 158 Å². The lowest BCUT2D eigenvalue weighted by Crippen LogP contribution is -2.20. The van der Waals surface area contributed by atoms with E-state index in [4.69, 9.17) is 14.7 Å². The van der Waals surface area contributed by atoms with Crippen LogP contribution in [0.3, 0.4) is 0 Å². The predicted octanol–water partition coefficient (Wildman–Crippen LogP) is 6.94. The Bertz CT molecular complexity index is 1800.